The van der Waals surface area contributed by atoms with Crippen molar-refractivity contribution in [2.24, 2.45) is 5.92 Å². The van der Waals surface area contributed by atoms with Crippen LogP contribution in [0.5, 0.6) is 0 Å². The van der Waals surface area contributed by atoms with Crippen LogP contribution >= 0.6 is 11.3 Å². The van der Waals surface area contributed by atoms with Crippen molar-refractivity contribution in [1.29, 1.82) is 0 Å². The summed E-state index contributed by atoms with van der Waals surface area (Å²) in [6.07, 6.45) is 1.98. The highest BCUT2D eigenvalue weighted by Crippen LogP contribution is 2.28. The third-order valence-electron chi connectivity index (χ3n) is 5.06. The highest BCUT2D eigenvalue weighted by atomic mass is 32.1. The summed E-state index contributed by atoms with van der Waals surface area (Å²) in [7, 11) is 0. The van der Waals surface area contributed by atoms with Crippen molar-refractivity contribution in [3.63, 3.8) is 0 Å². The summed E-state index contributed by atoms with van der Waals surface area (Å²) >= 11 is 1.72. The fraction of sp³-hybridized carbons (Fsp3) is 0.381. The van der Waals surface area contributed by atoms with E-state index in [1.165, 1.54) is 22.3 Å². The van der Waals surface area contributed by atoms with Crippen LogP contribution in [0.25, 0.3) is 16.6 Å². The van der Waals surface area contributed by atoms with Gasteiger partial charge in [-0.15, -0.1) is 0 Å². The van der Waals surface area contributed by atoms with E-state index in [9.17, 15) is 4.79 Å². The summed E-state index contributed by atoms with van der Waals surface area (Å²) in [6, 6.07) is 13.0. The lowest BCUT2D eigenvalue weighted by Crippen LogP contribution is -2.39. The van der Waals surface area contributed by atoms with E-state index in [1.807, 2.05) is 6.92 Å². The van der Waals surface area contributed by atoms with Crippen molar-refractivity contribution in [2.75, 3.05) is 19.7 Å². The van der Waals surface area contributed by atoms with Crippen LogP contribution in [0.4, 0.5) is 0 Å². The number of carbonyl (C=O) groups excluding carboxylic acids is 1. The largest absolute Gasteiger partial charge is 0.466 e. The van der Waals surface area contributed by atoms with Gasteiger partial charge < -0.3 is 9.30 Å². The molecular weight excluding hydrogens is 344 g/mol. The van der Waals surface area contributed by atoms with Gasteiger partial charge >= 0.3 is 5.97 Å². The van der Waals surface area contributed by atoms with E-state index >= 15 is 0 Å². The van der Waals surface area contributed by atoms with Gasteiger partial charge in [0, 0.05) is 29.5 Å². The lowest BCUT2D eigenvalue weighted by molar-refractivity contribution is -0.150. The van der Waals surface area contributed by atoms with E-state index in [0.29, 0.717) is 6.61 Å². The smallest absolute Gasteiger partial charge is 0.310 e. The van der Waals surface area contributed by atoms with Crippen molar-refractivity contribution >= 4 is 28.2 Å². The van der Waals surface area contributed by atoms with Crippen LogP contribution in [0, 0.1) is 5.92 Å². The highest BCUT2D eigenvalue weighted by molar-refractivity contribution is 7.08. The van der Waals surface area contributed by atoms with Crippen molar-refractivity contribution in [3.8, 4) is 5.69 Å². The number of aromatic nitrogens is 1. The van der Waals surface area contributed by atoms with Crippen LogP contribution in [0.3, 0.4) is 0 Å². The molecule has 1 aliphatic heterocycles. The maximum Gasteiger partial charge on any atom is 0.310 e. The Morgan fingerprint density at radius 2 is 2.19 bits per heavy atom. The molecule has 5 heteroatoms. The molecule has 4 nitrogen and oxygen atoms in total. The SMILES string of the molecule is CCOC(=O)C1CCCN(Cc2cc3ccccc3n2-c2ccsc2)C1. The summed E-state index contributed by atoms with van der Waals surface area (Å²) in [5, 5.41) is 5.56. The van der Waals surface area contributed by atoms with E-state index in [-0.39, 0.29) is 11.9 Å². The average molecular weight is 369 g/mol. The molecule has 3 aromatic rings. The van der Waals surface area contributed by atoms with Crippen LogP contribution in [-0.2, 0) is 16.1 Å². The number of ether oxygens (including phenoxy) is 1. The van der Waals surface area contributed by atoms with Crippen LogP contribution in [-0.4, -0.2) is 35.1 Å². The van der Waals surface area contributed by atoms with Gasteiger partial charge in [0.15, 0.2) is 0 Å². The topological polar surface area (TPSA) is 34.5 Å². The molecule has 2 aromatic heterocycles. The van der Waals surface area contributed by atoms with Crippen molar-refractivity contribution in [2.45, 2.75) is 26.3 Å². The minimum Gasteiger partial charge on any atom is -0.466 e. The molecule has 1 atom stereocenters. The lowest BCUT2D eigenvalue weighted by Gasteiger charge is -2.31. The standard InChI is InChI=1S/C21H24N2O2S/c1-2-25-21(24)17-7-5-10-22(13-17)14-19-12-16-6-3-4-8-20(16)23(19)18-9-11-26-15-18/h3-4,6,8-9,11-12,15,17H,2,5,7,10,13-14H2,1H3. The zero-order valence-electron chi connectivity index (χ0n) is 15.1. The monoisotopic (exact) mass is 368 g/mol. The molecule has 1 aromatic carbocycles. The number of nitrogens with zero attached hydrogens (tertiary/aromatic N) is 2. The minimum atomic E-state index is -0.0458. The molecule has 136 valence electrons. The number of hydrogen-bond acceptors (Lipinski definition) is 4. The number of likely N-dealkylation sites (tertiary alicyclic amines) is 1. The Kier molecular flexibility index (Phi) is 5.09. The quantitative estimate of drug-likeness (QED) is 0.623. The number of rotatable bonds is 5. The number of benzene rings is 1. The van der Waals surface area contributed by atoms with Gasteiger partial charge in [-0.2, -0.15) is 11.3 Å². The number of piperidine rings is 1. The molecule has 1 fully saturated rings. The number of thiophene rings is 1. The van der Waals surface area contributed by atoms with E-state index < -0.39 is 0 Å². The molecule has 3 heterocycles. The van der Waals surface area contributed by atoms with E-state index in [4.69, 9.17) is 4.74 Å². The van der Waals surface area contributed by atoms with Crippen LogP contribution in [0.2, 0.25) is 0 Å². The first-order valence-electron chi connectivity index (χ1n) is 9.27. The molecule has 1 aliphatic rings. The Hall–Kier alpha value is -2.11. The molecule has 0 radical (unpaired) electrons. The van der Waals surface area contributed by atoms with Gasteiger partial charge in [-0.25, -0.2) is 0 Å². The summed E-state index contributed by atoms with van der Waals surface area (Å²) in [5.41, 5.74) is 3.72. The van der Waals surface area contributed by atoms with Crippen molar-refractivity contribution < 1.29 is 9.53 Å². The zero-order valence-corrected chi connectivity index (χ0v) is 15.9. The van der Waals surface area contributed by atoms with Crippen molar-refractivity contribution in [1.82, 2.24) is 9.47 Å². The molecule has 0 bridgehead atoms. The number of para-hydroxylation sites is 1. The highest BCUT2D eigenvalue weighted by Gasteiger charge is 2.27. The summed E-state index contributed by atoms with van der Waals surface area (Å²) in [6.45, 7) is 4.99. The second kappa shape index (κ2) is 7.64. The van der Waals surface area contributed by atoms with Gasteiger partial charge in [-0.1, -0.05) is 18.2 Å². The Bertz CT molecular complexity index is 885. The molecule has 0 saturated carbocycles. The molecule has 0 spiro atoms. The summed E-state index contributed by atoms with van der Waals surface area (Å²) in [5.74, 6) is -0.0433. The predicted octanol–water partition coefficient (Wildman–Crippen LogP) is 4.47. The zero-order chi connectivity index (χ0) is 17.9. The normalized spacial score (nSPS) is 18.3. The molecular formula is C21H24N2O2S. The Balaban J connectivity index is 1.61. The first-order valence-corrected chi connectivity index (χ1v) is 10.2. The first kappa shape index (κ1) is 17.3. The van der Waals surface area contributed by atoms with Gasteiger partial charge in [0.25, 0.3) is 0 Å². The third-order valence-corrected chi connectivity index (χ3v) is 5.73. The van der Waals surface area contributed by atoms with E-state index in [1.54, 1.807) is 11.3 Å². The Morgan fingerprint density at radius 1 is 1.31 bits per heavy atom. The van der Waals surface area contributed by atoms with Gasteiger partial charge in [-0.05, 0) is 49.9 Å². The minimum absolute atomic E-state index is 0.00248. The van der Waals surface area contributed by atoms with Gasteiger partial charge in [-0.3, -0.25) is 9.69 Å². The molecule has 0 aliphatic carbocycles. The molecule has 1 saturated heterocycles. The molecule has 0 amide bonds. The third kappa shape index (κ3) is 3.41. The average Bonchev–Trinajstić information content (AvgIpc) is 3.29. The van der Waals surface area contributed by atoms with Gasteiger partial charge in [0.1, 0.15) is 0 Å². The predicted molar refractivity (Wildman–Crippen MR) is 106 cm³/mol. The first-order chi connectivity index (χ1) is 12.8. The fourth-order valence-corrected chi connectivity index (χ4v) is 4.52. The summed E-state index contributed by atoms with van der Waals surface area (Å²) in [4.78, 5) is 14.5. The lowest BCUT2D eigenvalue weighted by atomic mass is 9.98. The van der Waals surface area contributed by atoms with Crippen molar-refractivity contribution in [3.05, 3.63) is 52.9 Å². The number of fused-ring (bicyclic) bond motifs is 1. The Labute approximate surface area is 158 Å². The van der Waals surface area contributed by atoms with E-state index in [0.717, 1.165) is 32.5 Å². The summed E-state index contributed by atoms with van der Waals surface area (Å²) < 4.78 is 7.59. The number of hydrogen-bond donors (Lipinski definition) is 0. The number of esters is 1. The maximum atomic E-state index is 12.1. The fourth-order valence-electron chi connectivity index (χ4n) is 3.90. The van der Waals surface area contributed by atoms with Crippen LogP contribution in [0.1, 0.15) is 25.5 Å². The molecule has 1 unspecified atom stereocenters. The van der Waals surface area contributed by atoms with Gasteiger partial charge in [0.05, 0.1) is 23.7 Å². The van der Waals surface area contributed by atoms with Crippen LogP contribution in [0.15, 0.2) is 47.2 Å². The molecule has 26 heavy (non-hydrogen) atoms. The Morgan fingerprint density at radius 3 is 3.00 bits per heavy atom. The van der Waals surface area contributed by atoms with E-state index in [2.05, 4.69) is 56.6 Å². The molecule has 4 rings (SSSR count). The van der Waals surface area contributed by atoms with Gasteiger partial charge in [0.2, 0.25) is 0 Å². The second-order valence-corrected chi connectivity index (χ2v) is 7.62. The second-order valence-electron chi connectivity index (χ2n) is 6.84. The maximum absolute atomic E-state index is 12.1. The van der Waals surface area contributed by atoms with Crippen LogP contribution < -0.4 is 0 Å². The number of carbonyl (C=O) groups is 1. The molecule has 0 N–H and O–H groups in total.